The topological polar surface area (TPSA) is 66.8 Å². The fraction of sp³-hybridized carbons (Fsp3) is 0.857. The van der Waals surface area contributed by atoms with Crippen LogP contribution in [0.3, 0.4) is 0 Å². The molecule has 11 heavy (non-hydrogen) atoms. The first kappa shape index (κ1) is 10.4. The Bertz CT molecular complexity index is 122. The largest absolute Gasteiger partial charge is 0.479 e. The Balaban J connectivity index is 3.61. The number of hydrogen-bond donors (Lipinski definition) is 2. The lowest BCUT2D eigenvalue weighted by molar-refractivity contribution is -0.152. The van der Waals surface area contributed by atoms with Gasteiger partial charge in [0.2, 0.25) is 0 Å². The number of carbonyl (C=O) groups is 1. The number of aliphatic hydroxyl groups is 1. The van der Waals surface area contributed by atoms with E-state index < -0.39 is 18.2 Å². The maximum atomic E-state index is 10.3. The average molecular weight is 162 g/mol. The molecule has 0 rings (SSSR count). The molecule has 0 aromatic heterocycles. The smallest absolute Gasteiger partial charge is 0.332 e. The molecule has 4 nitrogen and oxygen atoms in total. The quantitative estimate of drug-likeness (QED) is 0.608. The maximum absolute atomic E-state index is 10.3. The molecule has 0 heterocycles. The Kier molecular flexibility index (Phi) is 4.81. The van der Waals surface area contributed by atoms with E-state index in [0.717, 1.165) is 0 Å². The van der Waals surface area contributed by atoms with Crippen LogP contribution in [0.15, 0.2) is 0 Å². The molecular formula is C7H14O4. The molecule has 0 aliphatic carbocycles. The van der Waals surface area contributed by atoms with Gasteiger partial charge in [-0.2, -0.15) is 0 Å². The van der Waals surface area contributed by atoms with Crippen LogP contribution in [0.2, 0.25) is 0 Å². The normalized spacial score (nSPS) is 15.9. The van der Waals surface area contributed by atoms with Crippen LogP contribution in [0.1, 0.15) is 20.3 Å². The van der Waals surface area contributed by atoms with Crippen LogP contribution in [-0.2, 0) is 9.53 Å². The van der Waals surface area contributed by atoms with E-state index in [-0.39, 0.29) is 6.61 Å². The van der Waals surface area contributed by atoms with E-state index in [9.17, 15) is 4.79 Å². The van der Waals surface area contributed by atoms with Gasteiger partial charge in [-0.05, 0) is 13.3 Å². The molecule has 0 amide bonds. The Labute approximate surface area is 65.8 Å². The highest BCUT2D eigenvalue weighted by molar-refractivity contribution is 5.72. The van der Waals surface area contributed by atoms with E-state index in [4.69, 9.17) is 14.9 Å². The third-order valence-electron chi connectivity index (χ3n) is 1.18. The fourth-order valence-corrected chi connectivity index (χ4v) is 0.619. The van der Waals surface area contributed by atoms with Crippen molar-refractivity contribution < 1.29 is 19.7 Å². The molecule has 2 unspecified atom stereocenters. The third kappa shape index (κ3) is 4.75. The Morgan fingerprint density at radius 3 is 2.45 bits per heavy atom. The van der Waals surface area contributed by atoms with Crippen LogP contribution < -0.4 is 0 Å². The summed E-state index contributed by atoms with van der Waals surface area (Å²) in [5.41, 5.74) is 0. The molecule has 2 N–H and O–H groups in total. The van der Waals surface area contributed by atoms with Crippen LogP contribution in [0.25, 0.3) is 0 Å². The van der Waals surface area contributed by atoms with Crippen LogP contribution >= 0.6 is 0 Å². The molecule has 0 fully saturated rings. The van der Waals surface area contributed by atoms with E-state index in [2.05, 4.69) is 0 Å². The Morgan fingerprint density at radius 1 is 1.64 bits per heavy atom. The number of carboxylic acid groups (broad SMARTS) is 1. The predicted molar refractivity (Wildman–Crippen MR) is 39.3 cm³/mol. The third-order valence-corrected chi connectivity index (χ3v) is 1.18. The summed E-state index contributed by atoms with van der Waals surface area (Å²) in [5.74, 6) is -0.979. The van der Waals surface area contributed by atoms with E-state index >= 15 is 0 Å². The van der Waals surface area contributed by atoms with Crippen LogP contribution in [0, 0.1) is 0 Å². The Hall–Kier alpha value is -0.610. The minimum Gasteiger partial charge on any atom is -0.479 e. The van der Waals surface area contributed by atoms with Crippen molar-refractivity contribution >= 4 is 5.97 Å². The lowest BCUT2D eigenvalue weighted by Crippen LogP contribution is -2.26. The molecule has 0 aliphatic heterocycles. The lowest BCUT2D eigenvalue weighted by atomic mass is 10.3. The Morgan fingerprint density at radius 2 is 2.18 bits per heavy atom. The van der Waals surface area contributed by atoms with Gasteiger partial charge in [0.05, 0.1) is 12.7 Å². The van der Waals surface area contributed by atoms with Crippen molar-refractivity contribution in [2.24, 2.45) is 0 Å². The molecule has 66 valence electrons. The second kappa shape index (κ2) is 5.09. The van der Waals surface area contributed by atoms with E-state index in [1.807, 2.05) is 0 Å². The lowest BCUT2D eigenvalue weighted by Gasteiger charge is -2.12. The summed E-state index contributed by atoms with van der Waals surface area (Å²) in [7, 11) is 0. The summed E-state index contributed by atoms with van der Waals surface area (Å²) in [6.45, 7) is 3.35. The van der Waals surface area contributed by atoms with Gasteiger partial charge in [-0.1, -0.05) is 6.92 Å². The molecule has 0 radical (unpaired) electrons. The van der Waals surface area contributed by atoms with Crippen LogP contribution in [0.5, 0.6) is 0 Å². The molecule has 0 aliphatic rings. The predicted octanol–water partition coefficient (Wildman–Crippen LogP) is 0.247. The molecule has 0 spiro atoms. The number of ether oxygens (including phenoxy) is 1. The van der Waals surface area contributed by atoms with Crippen molar-refractivity contribution in [1.29, 1.82) is 0 Å². The molecule has 0 aromatic carbocycles. The minimum atomic E-state index is -0.979. The molecule has 2 atom stereocenters. The van der Waals surface area contributed by atoms with Gasteiger partial charge in [-0.15, -0.1) is 0 Å². The van der Waals surface area contributed by atoms with Gasteiger partial charge in [-0.3, -0.25) is 0 Å². The van der Waals surface area contributed by atoms with Gasteiger partial charge in [-0.25, -0.2) is 4.79 Å². The summed E-state index contributed by atoms with van der Waals surface area (Å²) < 4.78 is 4.86. The van der Waals surface area contributed by atoms with Crippen molar-refractivity contribution in [2.75, 3.05) is 6.61 Å². The summed E-state index contributed by atoms with van der Waals surface area (Å²) >= 11 is 0. The van der Waals surface area contributed by atoms with Crippen molar-refractivity contribution in [3.63, 3.8) is 0 Å². The van der Waals surface area contributed by atoms with Crippen LogP contribution in [-0.4, -0.2) is 35.0 Å². The first-order valence-corrected chi connectivity index (χ1v) is 3.60. The second-order valence-corrected chi connectivity index (χ2v) is 2.42. The molecule has 0 saturated carbocycles. The van der Waals surface area contributed by atoms with E-state index in [1.54, 1.807) is 13.8 Å². The first-order chi connectivity index (χ1) is 5.07. The van der Waals surface area contributed by atoms with Gasteiger partial charge in [0.1, 0.15) is 0 Å². The zero-order valence-electron chi connectivity index (χ0n) is 6.78. The molecule has 4 heteroatoms. The van der Waals surface area contributed by atoms with Gasteiger partial charge >= 0.3 is 5.97 Å². The van der Waals surface area contributed by atoms with Crippen molar-refractivity contribution in [1.82, 2.24) is 0 Å². The number of rotatable bonds is 5. The second-order valence-electron chi connectivity index (χ2n) is 2.42. The van der Waals surface area contributed by atoms with E-state index in [0.29, 0.717) is 6.42 Å². The highest BCUT2D eigenvalue weighted by Crippen LogP contribution is 1.98. The first-order valence-electron chi connectivity index (χ1n) is 3.60. The molecule has 0 bridgehead atoms. The van der Waals surface area contributed by atoms with Crippen molar-refractivity contribution in [3.05, 3.63) is 0 Å². The van der Waals surface area contributed by atoms with Gasteiger partial charge in [0.15, 0.2) is 6.10 Å². The monoisotopic (exact) mass is 162 g/mol. The highest BCUT2D eigenvalue weighted by atomic mass is 16.5. The van der Waals surface area contributed by atoms with Crippen molar-refractivity contribution in [2.45, 2.75) is 32.5 Å². The number of aliphatic carboxylic acids is 1. The summed E-state index contributed by atoms with van der Waals surface area (Å²) in [4.78, 5) is 10.3. The molecule has 0 saturated heterocycles. The maximum Gasteiger partial charge on any atom is 0.332 e. The van der Waals surface area contributed by atoms with Crippen LogP contribution in [0.4, 0.5) is 0 Å². The van der Waals surface area contributed by atoms with Gasteiger partial charge in [0, 0.05) is 0 Å². The zero-order chi connectivity index (χ0) is 8.85. The standard InChI is InChI=1S/C7H14O4/c1-3-6(7(9)10)11-4-5(2)8/h5-6,8H,3-4H2,1-2H3,(H,9,10). The summed E-state index contributed by atoms with van der Waals surface area (Å²) in [6, 6.07) is 0. The van der Waals surface area contributed by atoms with Crippen molar-refractivity contribution in [3.8, 4) is 0 Å². The summed E-state index contributed by atoms with van der Waals surface area (Å²) in [6.07, 6.45) is -0.977. The number of aliphatic hydroxyl groups excluding tert-OH is 1. The van der Waals surface area contributed by atoms with Gasteiger partial charge in [0.25, 0.3) is 0 Å². The highest BCUT2D eigenvalue weighted by Gasteiger charge is 2.15. The minimum absolute atomic E-state index is 0.0742. The fourth-order valence-electron chi connectivity index (χ4n) is 0.619. The zero-order valence-corrected chi connectivity index (χ0v) is 6.78. The SMILES string of the molecule is CCC(OCC(C)O)C(=O)O. The van der Waals surface area contributed by atoms with E-state index in [1.165, 1.54) is 0 Å². The number of hydrogen-bond acceptors (Lipinski definition) is 3. The number of carboxylic acids is 1. The molecule has 0 aromatic rings. The average Bonchev–Trinajstić information content (AvgIpc) is 1.87. The summed E-state index contributed by atoms with van der Waals surface area (Å²) in [5, 5.41) is 17.2. The molecular weight excluding hydrogens is 148 g/mol. The van der Waals surface area contributed by atoms with Gasteiger partial charge < -0.3 is 14.9 Å².